The molecule has 1 aliphatic carbocycles. The van der Waals surface area contributed by atoms with Crippen molar-refractivity contribution in [3.8, 4) is 0 Å². The minimum Gasteiger partial charge on any atom is -0.307 e. The number of sulfonamides is 1. The van der Waals surface area contributed by atoms with E-state index < -0.39 is 10.0 Å². The van der Waals surface area contributed by atoms with Crippen molar-refractivity contribution in [1.82, 2.24) is 9.71 Å². The fourth-order valence-electron chi connectivity index (χ4n) is 2.79. The lowest BCUT2D eigenvalue weighted by atomic mass is 9.85. The van der Waals surface area contributed by atoms with Crippen LogP contribution in [-0.2, 0) is 10.0 Å². The summed E-state index contributed by atoms with van der Waals surface area (Å²) < 4.78 is 28.5. The SMILES string of the molecule is CCC1CCCC(NS(=O)(=O)c2cc(Br)cnc2NN)C1. The quantitative estimate of drug-likeness (QED) is 0.541. The summed E-state index contributed by atoms with van der Waals surface area (Å²) in [5, 5.41) is 0. The van der Waals surface area contributed by atoms with Gasteiger partial charge in [0.25, 0.3) is 0 Å². The number of aromatic nitrogens is 1. The van der Waals surface area contributed by atoms with E-state index in [0.29, 0.717) is 10.4 Å². The van der Waals surface area contributed by atoms with Gasteiger partial charge in [0, 0.05) is 16.7 Å². The van der Waals surface area contributed by atoms with E-state index >= 15 is 0 Å². The van der Waals surface area contributed by atoms with E-state index in [4.69, 9.17) is 5.84 Å². The minimum atomic E-state index is -3.64. The molecule has 0 amide bonds. The van der Waals surface area contributed by atoms with Gasteiger partial charge in [0.2, 0.25) is 10.0 Å². The van der Waals surface area contributed by atoms with Gasteiger partial charge in [0.15, 0.2) is 5.82 Å². The molecule has 1 aromatic heterocycles. The number of pyridine rings is 1. The number of rotatable bonds is 5. The Morgan fingerprint density at radius 3 is 2.90 bits per heavy atom. The Balaban J connectivity index is 2.20. The summed E-state index contributed by atoms with van der Waals surface area (Å²) in [5.41, 5.74) is 2.33. The summed E-state index contributed by atoms with van der Waals surface area (Å²) in [6, 6.07) is 1.49. The third kappa shape index (κ3) is 4.15. The molecular formula is C13H21BrN4O2S. The van der Waals surface area contributed by atoms with E-state index in [1.165, 1.54) is 18.7 Å². The van der Waals surface area contributed by atoms with Crippen LogP contribution in [0.3, 0.4) is 0 Å². The van der Waals surface area contributed by atoms with Gasteiger partial charge in [-0.15, -0.1) is 0 Å². The highest BCUT2D eigenvalue weighted by Gasteiger charge is 2.27. The summed E-state index contributed by atoms with van der Waals surface area (Å²) in [7, 11) is -3.64. The van der Waals surface area contributed by atoms with Crippen LogP contribution in [-0.4, -0.2) is 19.4 Å². The first-order valence-electron chi connectivity index (χ1n) is 7.10. The van der Waals surface area contributed by atoms with E-state index in [1.807, 2.05) is 0 Å². The number of halogens is 1. The number of hydrogen-bond donors (Lipinski definition) is 3. The molecule has 1 aliphatic rings. The Morgan fingerprint density at radius 1 is 1.48 bits per heavy atom. The summed E-state index contributed by atoms with van der Waals surface area (Å²) >= 11 is 3.24. The highest BCUT2D eigenvalue weighted by Crippen LogP contribution is 2.29. The Bertz CT molecular complexity index is 594. The van der Waals surface area contributed by atoms with Crippen LogP contribution in [0.15, 0.2) is 21.6 Å². The zero-order valence-electron chi connectivity index (χ0n) is 12.0. The monoisotopic (exact) mass is 376 g/mol. The highest BCUT2D eigenvalue weighted by molar-refractivity contribution is 9.10. The molecule has 0 aliphatic heterocycles. The molecule has 8 heteroatoms. The predicted molar refractivity (Wildman–Crippen MR) is 86.1 cm³/mol. The fourth-order valence-corrected chi connectivity index (χ4v) is 4.70. The summed E-state index contributed by atoms with van der Waals surface area (Å²) in [6.07, 6.45) is 6.60. The average molecular weight is 377 g/mol. The van der Waals surface area contributed by atoms with Crippen molar-refractivity contribution in [3.05, 3.63) is 16.7 Å². The van der Waals surface area contributed by atoms with Gasteiger partial charge in [0.1, 0.15) is 4.90 Å². The van der Waals surface area contributed by atoms with Crippen molar-refractivity contribution in [2.24, 2.45) is 11.8 Å². The van der Waals surface area contributed by atoms with Gasteiger partial charge in [-0.2, -0.15) is 0 Å². The molecule has 2 unspecified atom stereocenters. The molecule has 0 bridgehead atoms. The zero-order valence-corrected chi connectivity index (χ0v) is 14.4. The molecule has 1 heterocycles. The number of nitrogen functional groups attached to an aromatic ring is 1. The standard InChI is InChI=1S/C13H21BrN4O2S/c1-2-9-4-3-5-11(6-9)18-21(19,20)12-7-10(14)8-16-13(12)17-15/h7-9,11,18H,2-6,15H2,1H3,(H,16,17). The second-order valence-electron chi connectivity index (χ2n) is 5.40. The topological polar surface area (TPSA) is 97.1 Å². The molecule has 2 rings (SSSR count). The largest absolute Gasteiger partial charge is 0.307 e. The summed E-state index contributed by atoms with van der Waals surface area (Å²) in [6.45, 7) is 2.15. The molecule has 1 saturated carbocycles. The Kier molecular flexibility index (Phi) is 5.59. The van der Waals surface area contributed by atoms with Gasteiger partial charge in [-0.3, -0.25) is 0 Å². The molecule has 1 fully saturated rings. The highest BCUT2D eigenvalue weighted by atomic mass is 79.9. The number of nitrogens with zero attached hydrogens (tertiary/aromatic N) is 1. The Hall–Kier alpha value is -0.700. The van der Waals surface area contributed by atoms with Gasteiger partial charge >= 0.3 is 0 Å². The summed E-state index contributed by atoms with van der Waals surface area (Å²) in [5.74, 6) is 6.10. The zero-order chi connectivity index (χ0) is 15.5. The average Bonchev–Trinajstić information content (AvgIpc) is 2.47. The number of nitrogens with two attached hydrogens (primary N) is 1. The smallest absolute Gasteiger partial charge is 0.244 e. The first-order valence-corrected chi connectivity index (χ1v) is 9.38. The van der Waals surface area contributed by atoms with E-state index in [0.717, 1.165) is 25.7 Å². The molecule has 0 radical (unpaired) electrons. The van der Waals surface area contributed by atoms with E-state index in [1.54, 1.807) is 0 Å². The minimum absolute atomic E-state index is 0.0155. The van der Waals surface area contributed by atoms with Crippen LogP contribution >= 0.6 is 15.9 Å². The van der Waals surface area contributed by atoms with Gasteiger partial charge < -0.3 is 5.43 Å². The van der Waals surface area contributed by atoms with Crippen molar-refractivity contribution in [2.75, 3.05) is 5.43 Å². The molecule has 0 saturated heterocycles. The third-order valence-corrected chi connectivity index (χ3v) is 5.90. The summed E-state index contributed by atoms with van der Waals surface area (Å²) in [4.78, 5) is 4.05. The molecule has 0 spiro atoms. The lowest BCUT2D eigenvalue weighted by molar-refractivity contribution is 0.301. The molecule has 2 atom stereocenters. The van der Waals surface area contributed by atoms with Gasteiger partial charge in [0.05, 0.1) is 0 Å². The van der Waals surface area contributed by atoms with Crippen LogP contribution in [0.4, 0.5) is 5.82 Å². The maximum atomic E-state index is 12.6. The second kappa shape index (κ2) is 7.04. The molecular weight excluding hydrogens is 356 g/mol. The van der Waals surface area contributed by atoms with Crippen LogP contribution < -0.4 is 16.0 Å². The van der Waals surface area contributed by atoms with E-state index in [2.05, 4.69) is 38.0 Å². The Labute approximate surface area is 134 Å². The number of hydrogen-bond acceptors (Lipinski definition) is 5. The van der Waals surface area contributed by atoms with Crippen molar-refractivity contribution in [1.29, 1.82) is 0 Å². The maximum Gasteiger partial charge on any atom is 0.244 e. The lowest BCUT2D eigenvalue weighted by Crippen LogP contribution is -2.38. The normalized spacial score (nSPS) is 23.0. The molecule has 118 valence electrons. The first kappa shape index (κ1) is 16.7. The third-order valence-electron chi connectivity index (χ3n) is 3.93. The molecule has 6 nitrogen and oxygen atoms in total. The van der Waals surface area contributed by atoms with Crippen LogP contribution in [0.2, 0.25) is 0 Å². The first-order chi connectivity index (χ1) is 9.96. The maximum absolute atomic E-state index is 12.6. The van der Waals surface area contributed by atoms with Crippen molar-refractivity contribution in [2.45, 2.75) is 50.0 Å². The molecule has 4 N–H and O–H groups in total. The van der Waals surface area contributed by atoms with Crippen molar-refractivity contribution < 1.29 is 8.42 Å². The van der Waals surface area contributed by atoms with Crippen LogP contribution in [0.1, 0.15) is 39.0 Å². The van der Waals surface area contributed by atoms with Crippen molar-refractivity contribution in [3.63, 3.8) is 0 Å². The molecule has 0 aromatic carbocycles. The Morgan fingerprint density at radius 2 is 2.24 bits per heavy atom. The van der Waals surface area contributed by atoms with Gasteiger partial charge in [-0.05, 0) is 40.8 Å². The second-order valence-corrected chi connectivity index (χ2v) is 8.00. The number of nitrogens with one attached hydrogen (secondary N) is 2. The van der Waals surface area contributed by atoms with Gasteiger partial charge in [-0.1, -0.05) is 26.2 Å². The fraction of sp³-hybridized carbons (Fsp3) is 0.615. The molecule has 1 aromatic rings. The number of anilines is 1. The van der Waals surface area contributed by atoms with Crippen LogP contribution in [0.5, 0.6) is 0 Å². The predicted octanol–water partition coefficient (Wildman–Crippen LogP) is 2.38. The lowest BCUT2D eigenvalue weighted by Gasteiger charge is -2.29. The molecule has 21 heavy (non-hydrogen) atoms. The van der Waals surface area contributed by atoms with Gasteiger partial charge in [-0.25, -0.2) is 24.0 Å². The van der Waals surface area contributed by atoms with Crippen LogP contribution in [0, 0.1) is 5.92 Å². The van der Waals surface area contributed by atoms with E-state index in [-0.39, 0.29) is 16.8 Å². The van der Waals surface area contributed by atoms with Crippen molar-refractivity contribution >= 4 is 31.8 Å². The van der Waals surface area contributed by atoms with Crippen LogP contribution in [0.25, 0.3) is 0 Å². The van der Waals surface area contributed by atoms with E-state index in [9.17, 15) is 8.42 Å². The number of hydrazine groups is 1.